The third-order valence-electron chi connectivity index (χ3n) is 1.80. The summed E-state index contributed by atoms with van der Waals surface area (Å²) in [5.74, 6) is 0.434. The maximum Gasteiger partial charge on any atom is 0.250 e. The van der Waals surface area contributed by atoms with Crippen LogP contribution in [0.1, 0.15) is 39.2 Å². The first-order chi connectivity index (χ1) is 6.11. The summed E-state index contributed by atoms with van der Waals surface area (Å²) in [6, 6.07) is 3.66. The Morgan fingerprint density at radius 3 is 2.23 bits per heavy atom. The fourth-order valence-electron chi connectivity index (χ4n) is 0.923. The molecular formula is C11H19NO. The molecule has 0 aliphatic heterocycles. The third-order valence-corrected chi connectivity index (χ3v) is 1.80. The van der Waals surface area contributed by atoms with Crippen molar-refractivity contribution in [1.82, 2.24) is 4.57 Å². The van der Waals surface area contributed by atoms with E-state index in [1.165, 1.54) is 0 Å². The van der Waals surface area contributed by atoms with Crippen LogP contribution in [0, 0.1) is 0 Å². The Balaban J connectivity index is 0.000000671. The number of nitrogens with zero attached hydrogens (tertiary/aromatic N) is 1. The van der Waals surface area contributed by atoms with Crippen molar-refractivity contribution in [2.24, 2.45) is 7.05 Å². The molecule has 1 heterocycles. The molecule has 0 bridgehead atoms. The first-order valence-corrected chi connectivity index (χ1v) is 4.78. The lowest BCUT2D eigenvalue weighted by atomic mass is 10.1. The van der Waals surface area contributed by atoms with E-state index in [-0.39, 0.29) is 5.56 Å². The fraction of sp³-hybridized carbons (Fsp3) is 0.545. The van der Waals surface area contributed by atoms with Gasteiger partial charge in [0.1, 0.15) is 0 Å². The van der Waals surface area contributed by atoms with E-state index in [1.54, 1.807) is 23.9 Å². The number of hydrogen-bond donors (Lipinski definition) is 0. The van der Waals surface area contributed by atoms with Crippen LogP contribution in [0.4, 0.5) is 0 Å². The molecular weight excluding hydrogens is 162 g/mol. The van der Waals surface area contributed by atoms with Gasteiger partial charge in [-0.25, -0.2) is 0 Å². The summed E-state index contributed by atoms with van der Waals surface area (Å²) in [6.45, 7) is 8.16. The summed E-state index contributed by atoms with van der Waals surface area (Å²) < 4.78 is 1.58. The Labute approximate surface area is 80.2 Å². The van der Waals surface area contributed by atoms with Crippen molar-refractivity contribution in [2.75, 3.05) is 0 Å². The Bertz CT molecular complexity index is 299. The van der Waals surface area contributed by atoms with Gasteiger partial charge in [-0.15, -0.1) is 0 Å². The van der Waals surface area contributed by atoms with Gasteiger partial charge in [-0.2, -0.15) is 0 Å². The second kappa shape index (κ2) is 5.57. The average Bonchev–Trinajstić information content (AvgIpc) is 2.13. The van der Waals surface area contributed by atoms with Crippen molar-refractivity contribution in [3.63, 3.8) is 0 Å². The van der Waals surface area contributed by atoms with Crippen molar-refractivity contribution < 1.29 is 0 Å². The predicted molar refractivity (Wildman–Crippen MR) is 57.1 cm³/mol. The van der Waals surface area contributed by atoms with Crippen molar-refractivity contribution in [2.45, 2.75) is 33.6 Å². The zero-order valence-corrected chi connectivity index (χ0v) is 9.16. The molecule has 13 heavy (non-hydrogen) atoms. The second-order valence-corrected chi connectivity index (χ2v) is 3.06. The average molecular weight is 181 g/mol. The van der Waals surface area contributed by atoms with E-state index in [9.17, 15) is 4.79 Å². The predicted octanol–water partition coefficient (Wildman–Crippen LogP) is 2.53. The summed E-state index contributed by atoms with van der Waals surface area (Å²) in [5.41, 5.74) is 1.17. The Kier molecular flexibility index (Phi) is 5.12. The molecule has 0 unspecified atom stereocenters. The topological polar surface area (TPSA) is 22.0 Å². The van der Waals surface area contributed by atoms with Crippen LogP contribution in [0.2, 0.25) is 0 Å². The first-order valence-electron chi connectivity index (χ1n) is 4.78. The molecule has 0 saturated heterocycles. The number of aryl methyl sites for hydroxylation is 1. The molecule has 1 aromatic rings. The van der Waals surface area contributed by atoms with E-state index >= 15 is 0 Å². The van der Waals surface area contributed by atoms with Crippen LogP contribution in [-0.4, -0.2) is 4.57 Å². The zero-order chi connectivity index (χ0) is 10.4. The number of aromatic nitrogens is 1. The maximum atomic E-state index is 11.1. The van der Waals surface area contributed by atoms with Gasteiger partial charge in [-0.1, -0.05) is 27.7 Å². The number of pyridine rings is 1. The lowest BCUT2D eigenvalue weighted by Crippen LogP contribution is -2.15. The molecule has 0 atom stereocenters. The van der Waals surface area contributed by atoms with Crippen LogP contribution in [-0.2, 0) is 7.05 Å². The highest BCUT2D eigenvalue weighted by atomic mass is 16.1. The summed E-state index contributed by atoms with van der Waals surface area (Å²) in [7, 11) is 1.76. The van der Waals surface area contributed by atoms with E-state index in [0.717, 1.165) is 5.56 Å². The van der Waals surface area contributed by atoms with E-state index in [4.69, 9.17) is 0 Å². The zero-order valence-electron chi connectivity index (χ0n) is 9.16. The van der Waals surface area contributed by atoms with E-state index in [0.29, 0.717) is 5.92 Å². The molecule has 2 heteroatoms. The molecule has 1 rings (SSSR count). The Hall–Kier alpha value is -1.05. The van der Waals surface area contributed by atoms with E-state index in [2.05, 4.69) is 13.8 Å². The van der Waals surface area contributed by atoms with Crippen molar-refractivity contribution in [3.05, 3.63) is 34.2 Å². The van der Waals surface area contributed by atoms with Gasteiger partial charge in [-0.05, 0) is 17.5 Å². The largest absolute Gasteiger partial charge is 0.319 e. The summed E-state index contributed by atoms with van der Waals surface area (Å²) in [6.07, 6.45) is 1.80. The molecule has 0 saturated carbocycles. The standard InChI is InChI=1S/C9H13NO.C2H6/c1-7(2)8-4-5-10(3)9(11)6-8;1-2/h4-7H,1-3H3;1-2H3. The minimum Gasteiger partial charge on any atom is -0.319 e. The summed E-state index contributed by atoms with van der Waals surface area (Å²) in [4.78, 5) is 11.1. The monoisotopic (exact) mass is 181 g/mol. The van der Waals surface area contributed by atoms with Crippen LogP contribution in [0.5, 0.6) is 0 Å². The molecule has 0 N–H and O–H groups in total. The second-order valence-electron chi connectivity index (χ2n) is 3.06. The molecule has 0 aromatic carbocycles. The van der Waals surface area contributed by atoms with Gasteiger partial charge in [-0.3, -0.25) is 4.79 Å². The first kappa shape index (κ1) is 11.9. The molecule has 74 valence electrons. The minimum absolute atomic E-state index is 0.0659. The van der Waals surface area contributed by atoms with Gasteiger partial charge in [0.15, 0.2) is 0 Å². The highest BCUT2D eigenvalue weighted by Gasteiger charge is 1.98. The van der Waals surface area contributed by atoms with E-state index in [1.807, 2.05) is 19.9 Å². The van der Waals surface area contributed by atoms with Crippen LogP contribution >= 0.6 is 0 Å². The van der Waals surface area contributed by atoms with E-state index < -0.39 is 0 Å². The lowest BCUT2D eigenvalue weighted by molar-refractivity contribution is 0.813. The summed E-state index contributed by atoms with van der Waals surface area (Å²) >= 11 is 0. The molecule has 0 spiro atoms. The highest BCUT2D eigenvalue weighted by molar-refractivity contribution is 5.14. The van der Waals surface area contributed by atoms with Gasteiger partial charge in [0.25, 0.3) is 5.56 Å². The highest BCUT2D eigenvalue weighted by Crippen LogP contribution is 2.09. The molecule has 2 nitrogen and oxygen atoms in total. The number of rotatable bonds is 1. The molecule has 0 radical (unpaired) electrons. The SMILES string of the molecule is CC.CC(C)c1ccn(C)c(=O)c1. The molecule has 0 fully saturated rings. The van der Waals surface area contributed by atoms with Crippen LogP contribution in [0.25, 0.3) is 0 Å². The Morgan fingerprint density at radius 2 is 1.85 bits per heavy atom. The van der Waals surface area contributed by atoms with Crippen LogP contribution < -0.4 is 5.56 Å². The summed E-state index contributed by atoms with van der Waals surface area (Å²) in [5, 5.41) is 0. The van der Waals surface area contributed by atoms with Gasteiger partial charge < -0.3 is 4.57 Å². The maximum absolute atomic E-state index is 11.1. The quantitative estimate of drug-likeness (QED) is 0.652. The lowest BCUT2D eigenvalue weighted by Gasteiger charge is -2.04. The molecule has 1 aromatic heterocycles. The normalized spacial score (nSPS) is 9.38. The van der Waals surface area contributed by atoms with Gasteiger partial charge in [0.05, 0.1) is 0 Å². The van der Waals surface area contributed by atoms with Crippen molar-refractivity contribution in [3.8, 4) is 0 Å². The van der Waals surface area contributed by atoms with Crippen molar-refractivity contribution in [1.29, 1.82) is 0 Å². The third kappa shape index (κ3) is 3.45. The fourth-order valence-corrected chi connectivity index (χ4v) is 0.923. The van der Waals surface area contributed by atoms with Crippen LogP contribution in [0.15, 0.2) is 23.1 Å². The minimum atomic E-state index is 0.0659. The molecule has 0 amide bonds. The van der Waals surface area contributed by atoms with Crippen LogP contribution in [0.3, 0.4) is 0 Å². The smallest absolute Gasteiger partial charge is 0.250 e. The molecule has 0 aliphatic rings. The number of hydrogen-bond acceptors (Lipinski definition) is 1. The van der Waals surface area contributed by atoms with Crippen molar-refractivity contribution >= 4 is 0 Å². The van der Waals surface area contributed by atoms with Gasteiger partial charge in [0, 0.05) is 19.3 Å². The van der Waals surface area contributed by atoms with Gasteiger partial charge >= 0.3 is 0 Å². The molecule has 0 aliphatic carbocycles. The Morgan fingerprint density at radius 1 is 1.31 bits per heavy atom. The van der Waals surface area contributed by atoms with Gasteiger partial charge in [0.2, 0.25) is 0 Å².